The van der Waals surface area contributed by atoms with Crippen LogP contribution in [-0.2, 0) is 16.6 Å². The van der Waals surface area contributed by atoms with Crippen molar-refractivity contribution >= 4 is 10.0 Å². The lowest BCUT2D eigenvalue weighted by molar-refractivity contribution is -0.130. The molecule has 0 saturated heterocycles. The molecule has 126 valence electrons. The zero-order chi connectivity index (χ0) is 17.1. The number of sulfonamides is 1. The van der Waals surface area contributed by atoms with Crippen molar-refractivity contribution in [2.24, 2.45) is 0 Å². The zero-order valence-corrected chi connectivity index (χ0v) is 13.2. The van der Waals surface area contributed by atoms with Crippen LogP contribution in [0.25, 0.3) is 5.69 Å². The Morgan fingerprint density at radius 1 is 1.22 bits per heavy atom. The van der Waals surface area contributed by atoms with Crippen molar-refractivity contribution in [3.05, 3.63) is 48.3 Å². The summed E-state index contributed by atoms with van der Waals surface area (Å²) in [6, 6.07) is 8.73. The summed E-state index contributed by atoms with van der Waals surface area (Å²) in [5.74, 6) is -0.946. The van der Waals surface area contributed by atoms with Crippen LogP contribution in [0.15, 0.2) is 42.7 Å². The summed E-state index contributed by atoms with van der Waals surface area (Å²) in [5.41, 5.74) is 1.49. The van der Waals surface area contributed by atoms with E-state index in [0.29, 0.717) is 5.56 Å². The summed E-state index contributed by atoms with van der Waals surface area (Å²) in [4.78, 5) is 0. The molecule has 1 aromatic carbocycles. The molecule has 5 nitrogen and oxygen atoms in total. The molecule has 0 bridgehead atoms. The molecule has 0 aliphatic carbocycles. The standard InChI is InChI=1S/C14H16F3N3O2S/c1-19(23(21,22)10-7-14(15,16)17)11-12-3-5-13(6-4-12)20-9-2-8-18-20/h2-6,8-9H,7,10-11H2,1H3. The van der Waals surface area contributed by atoms with Crippen molar-refractivity contribution in [3.8, 4) is 5.69 Å². The van der Waals surface area contributed by atoms with E-state index in [1.165, 1.54) is 7.05 Å². The van der Waals surface area contributed by atoms with Gasteiger partial charge in [0.2, 0.25) is 10.0 Å². The van der Waals surface area contributed by atoms with E-state index in [1.807, 2.05) is 0 Å². The van der Waals surface area contributed by atoms with E-state index in [4.69, 9.17) is 0 Å². The van der Waals surface area contributed by atoms with Crippen molar-refractivity contribution in [1.29, 1.82) is 0 Å². The summed E-state index contributed by atoms with van der Waals surface area (Å²) in [6.45, 7) is 0.0135. The smallest absolute Gasteiger partial charge is 0.241 e. The molecule has 0 unspecified atom stereocenters. The van der Waals surface area contributed by atoms with Gasteiger partial charge in [-0.1, -0.05) is 12.1 Å². The third-order valence-corrected chi connectivity index (χ3v) is 5.03. The summed E-state index contributed by atoms with van der Waals surface area (Å²) in [5, 5.41) is 4.07. The summed E-state index contributed by atoms with van der Waals surface area (Å²) in [7, 11) is -2.68. The maximum atomic E-state index is 12.2. The van der Waals surface area contributed by atoms with Gasteiger partial charge in [-0.15, -0.1) is 0 Å². The van der Waals surface area contributed by atoms with Gasteiger partial charge in [0, 0.05) is 26.0 Å². The molecule has 0 fully saturated rings. The van der Waals surface area contributed by atoms with Gasteiger partial charge in [0.1, 0.15) is 0 Å². The number of nitrogens with zero attached hydrogens (tertiary/aromatic N) is 3. The lowest BCUT2D eigenvalue weighted by atomic mass is 10.2. The highest BCUT2D eigenvalue weighted by Crippen LogP contribution is 2.21. The fraction of sp³-hybridized carbons (Fsp3) is 0.357. The number of benzene rings is 1. The van der Waals surface area contributed by atoms with Crippen LogP contribution in [0, 0.1) is 0 Å². The Bertz CT molecular complexity index is 726. The van der Waals surface area contributed by atoms with Gasteiger partial charge < -0.3 is 0 Å². The van der Waals surface area contributed by atoms with Crippen LogP contribution in [0.3, 0.4) is 0 Å². The van der Waals surface area contributed by atoms with Gasteiger partial charge in [0.15, 0.2) is 0 Å². The molecule has 1 aromatic heterocycles. The predicted molar refractivity (Wildman–Crippen MR) is 79.5 cm³/mol. The van der Waals surface area contributed by atoms with E-state index in [0.717, 1.165) is 9.99 Å². The molecule has 0 spiro atoms. The maximum Gasteiger partial charge on any atom is 0.390 e. The normalized spacial score (nSPS) is 12.7. The van der Waals surface area contributed by atoms with Crippen LogP contribution in [-0.4, -0.2) is 41.5 Å². The first-order chi connectivity index (χ1) is 10.7. The lowest BCUT2D eigenvalue weighted by Gasteiger charge is -2.18. The lowest BCUT2D eigenvalue weighted by Crippen LogP contribution is -2.30. The van der Waals surface area contributed by atoms with Crippen LogP contribution < -0.4 is 0 Å². The first-order valence-corrected chi connectivity index (χ1v) is 8.38. The first-order valence-electron chi connectivity index (χ1n) is 6.77. The molecule has 0 radical (unpaired) electrons. The Hall–Kier alpha value is -1.87. The van der Waals surface area contributed by atoms with Crippen molar-refractivity contribution in [3.63, 3.8) is 0 Å². The number of alkyl halides is 3. The van der Waals surface area contributed by atoms with E-state index < -0.39 is 28.4 Å². The van der Waals surface area contributed by atoms with E-state index in [9.17, 15) is 21.6 Å². The highest BCUT2D eigenvalue weighted by molar-refractivity contribution is 7.89. The largest absolute Gasteiger partial charge is 0.390 e. The zero-order valence-electron chi connectivity index (χ0n) is 12.4. The van der Waals surface area contributed by atoms with Crippen molar-refractivity contribution in [2.45, 2.75) is 19.1 Å². The Kier molecular flexibility index (Phi) is 5.10. The monoisotopic (exact) mass is 347 g/mol. The SMILES string of the molecule is CN(Cc1ccc(-n2cccn2)cc1)S(=O)(=O)CCC(F)(F)F. The Morgan fingerprint density at radius 2 is 1.87 bits per heavy atom. The molecule has 0 atom stereocenters. The summed E-state index contributed by atoms with van der Waals surface area (Å²) >= 11 is 0. The molecular weight excluding hydrogens is 331 g/mol. The number of rotatable bonds is 6. The van der Waals surface area contributed by atoms with Gasteiger partial charge >= 0.3 is 6.18 Å². The Labute approximate surface area is 132 Å². The van der Waals surface area contributed by atoms with Crippen LogP contribution >= 0.6 is 0 Å². The number of halogens is 3. The fourth-order valence-corrected chi connectivity index (χ4v) is 3.08. The average molecular weight is 347 g/mol. The van der Waals surface area contributed by atoms with Gasteiger partial charge in [-0.2, -0.15) is 18.3 Å². The number of hydrogen-bond acceptors (Lipinski definition) is 3. The second-order valence-corrected chi connectivity index (χ2v) is 7.25. The van der Waals surface area contributed by atoms with Crippen LogP contribution in [0.2, 0.25) is 0 Å². The minimum atomic E-state index is -4.49. The van der Waals surface area contributed by atoms with Crippen molar-refractivity contribution < 1.29 is 21.6 Å². The van der Waals surface area contributed by atoms with E-state index >= 15 is 0 Å². The summed E-state index contributed by atoms with van der Waals surface area (Å²) < 4.78 is 62.8. The summed E-state index contributed by atoms with van der Waals surface area (Å²) in [6.07, 6.45) is -2.44. The van der Waals surface area contributed by atoms with Gasteiger partial charge in [0.05, 0.1) is 17.9 Å². The highest BCUT2D eigenvalue weighted by Gasteiger charge is 2.31. The predicted octanol–water partition coefficient (Wildman–Crippen LogP) is 2.59. The molecule has 2 rings (SSSR count). The Morgan fingerprint density at radius 3 is 2.39 bits per heavy atom. The van der Waals surface area contributed by atoms with Crippen LogP contribution in [0.5, 0.6) is 0 Å². The van der Waals surface area contributed by atoms with E-state index in [-0.39, 0.29) is 6.54 Å². The number of hydrogen-bond donors (Lipinski definition) is 0. The average Bonchev–Trinajstić information content (AvgIpc) is 2.99. The van der Waals surface area contributed by atoms with E-state index in [2.05, 4.69) is 5.10 Å². The molecule has 9 heteroatoms. The molecule has 0 N–H and O–H groups in total. The first kappa shape index (κ1) is 17.5. The van der Waals surface area contributed by atoms with Crippen molar-refractivity contribution in [1.82, 2.24) is 14.1 Å². The van der Waals surface area contributed by atoms with Crippen molar-refractivity contribution in [2.75, 3.05) is 12.8 Å². The minimum Gasteiger partial charge on any atom is -0.241 e. The quantitative estimate of drug-likeness (QED) is 0.807. The molecule has 1 heterocycles. The minimum absolute atomic E-state index is 0.0135. The molecule has 0 aliphatic rings. The number of aromatic nitrogens is 2. The molecule has 2 aromatic rings. The van der Waals surface area contributed by atoms with Crippen LogP contribution in [0.4, 0.5) is 13.2 Å². The van der Waals surface area contributed by atoms with Gasteiger partial charge in [-0.3, -0.25) is 0 Å². The highest BCUT2D eigenvalue weighted by atomic mass is 32.2. The Balaban J connectivity index is 2.01. The topological polar surface area (TPSA) is 55.2 Å². The molecule has 0 saturated carbocycles. The van der Waals surface area contributed by atoms with Crippen LogP contribution in [0.1, 0.15) is 12.0 Å². The molecule has 0 amide bonds. The van der Waals surface area contributed by atoms with E-state index in [1.54, 1.807) is 47.4 Å². The fourth-order valence-electron chi connectivity index (χ4n) is 1.93. The molecule has 0 aliphatic heterocycles. The van der Waals surface area contributed by atoms with Gasteiger partial charge in [-0.25, -0.2) is 17.4 Å². The maximum absolute atomic E-state index is 12.2. The molecule has 23 heavy (non-hydrogen) atoms. The third-order valence-electron chi connectivity index (χ3n) is 3.23. The van der Waals surface area contributed by atoms with Gasteiger partial charge in [-0.05, 0) is 23.8 Å². The van der Waals surface area contributed by atoms with Gasteiger partial charge in [0.25, 0.3) is 0 Å². The molecular formula is C14H16F3N3O2S. The second kappa shape index (κ2) is 6.71. The third kappa shape index (κ3) is 5.07. The second-order valence-electron chi connectivity index (χ2n) is 5.05.